The first-order chi connectivity index (χ1) is 15.1. The number of methoxy groups -OCH3 is 2. The van der Waals surface area contributed by atoms with Crippen LogP contribution >= 0.6 is 0 Å². The first kappa shape index (κ1) is 19.4. The Morgan fingerprint density at radius 1 is 0.903 bits per heavy atom. The van der Waals surface area contributed by atoms with Crippen molar-refractivity contribution in [2.24, 2.45) is 34.7 Å². The number of nitrogens with zero attached hydrogens (tertiary/aromatic N) is 2. The quantitative estimate of drug-likeness (QED) is 0.658. The molecule has 1 aliphatic heterocycles. The van der Waals surface area contributed by atoms with E-state index in [2.05, 4.69) is 18.2 Å². The highest BCUT2D eigenvalue weighted by molar-refractivity contribution is 6.07. The molecule has 4 bridgehead atoms. The SMILES string of the molecule is COc1ccc(C2=NN(C34CC5CC(CC(C5)C3)C4)C(=O)[C@H]3CC=CC[C@@H]23)cc1OC. The summed E-state index contributed by atoms with van der Waals surface area (Å²) < 4.78 is 11.0. The number of fused-ring (bicyclic) bond motifs is 1. The molecule has 1 aromatic rings. The predicted octanol–water partition coefficient (Wildman–Crippen LogP) is 4.80. The van der Waals surface area contributed by atoms with Crippen LogP contribution in [0.15, 0.2) is 35.5 Å². The number of allylic oxidation sites excluding steroid dienone is 2. The van der Waals surface area contributed by atoms with Gasteiger partial charge in [0.1, 0.15) is 0 Å². The Balaban J connectivity index is 1.45. The Morgan fingerprint density at radius 2 is 1.52 bits per heavy atom. The van der Waals surface area contributed by atoms with Crippen LogP contribution in [0.4, 0.5) is 0 Å². The molecule has 1 amide bonds. The molecule has 0 unspecified atom stereocenters. The Kier molecular flexibility index (Phi) is 4.45. The summed E-state index contributed by atoms with van der Waals surface area (Å²) in [6.07, 6.45) is 13.6. The average molecular weight is 421 g/mol. The monoisotopic (exact) mass is 420 g/mol. The molecule has 5 heteroatoms. The van der Waals surface area contributed by atoms with Crippen molar-refractivity contribution < 1.29 is 14.3 Å². The lowest BCUT2D eigenvalue weighted by Gasteiger charge is -2.60. The summed E-state index contributed by atoms with van der Waals surface area (Å²) in [6.45, 7) is 0. The Bertz CT molecular complexity index is 930. The second-order valence-corrected chi connectivity index (χ2v) is 10.5. The van der Waals surface area contributed by atoms with E-state index < -0.39 is 0 Å². The van der Waals surface area contributed by atoms with Crippen molar-refractivity contribution in [1.82, 2.24) is 5.01 Å². The number of hydrogen-bond donors (Lipinski definition) is 0. The van der Waals surface area contributed by atoms with Crippen molar-refractivity contribution in [3.8, 4) is 11.5 Å². The van der Waals surface area contributed by atoms with Gasteiger partial charge in [-0.25, -0.2) is 5.01 Å². The largest absolute Gasteiger partial charge is 0.493 e. The van der Waals surface area contributed by atoms with E-state index >= 15 is 0 Å². The normalized spacial score (nSPS) is 38.1. The highest BCUT2D eigenvalue weighted by atomic mass is 16.5. The number of rotatable bonds is 4. The van der Waals surface area contributed by atoms with Crippen molar-refractivity contribution in [2.45, 2.75) is 56.9 Å². The van der Waals surface area contributed by atoms with Gasteiger partial charge in [0.15, 0.2) is 11.5 Å². The van der Waals surface area contributed by atoms with Crippen LogP contribution in [0.5, 0.6) is 11.5 Å². The topological polar surface area (TPSA) is 51.1 Å². The van der Waals surface area contributed by atoms with E-state index in [-0.39, 0.29) is 23.3 Å². The van der Waals surface area contributed by atoms with Gasteiger partial charge in [0.2, 0.25) is 5.91 Å². The van der Waals surface area contributed by atoms with E-state index in [0.29, 0.717) is 5.75 Å². The Hall–Kier alpha value is -2.30. The molecule has 0 spiro atoms. The minimum atomic E-state index is -0.0558. The number of hydrogen-bond acceptors (Lipinski definition) is 4. The van der Waals surface area contributed by atoms with Crippen LogP contribution in [0.1, 0.15) is 56.9 Å². The zero-order valence-corrected chi connectivity index (χ0v) is 18.5. The molecule has 7 rings (SSSR count). The molecule has 164 valence electrons. The lowest BCUT2D eigenvalue weighted by atomic mass is 9.52. The standard InChI is InChI=1S/C26H32N2O3/c1-30-22-8-7-19(12-23(22)31-2)24-20-5-3-4-6-21(20)25(29)28(27-24)26-13-16-9-17(14-26)11-18(10-16)15-26/h3-4,7-8,12,16-18,20-21H,5-6,9-11,13-15H2,1-2H3/t16?,17?,18?,20-,21+,26?/m1/s1. The van der Waals surface area contributed by atoms with Crippen molar-refractivity contribution in [2.75, 3.05) is 14.2 Å². The average Bonchev–Trinajstić information content (AvgIpc) is 2.78. The van der Waals surface area contributed by atoms with Gasteiger partial charge in [-0.05, 0) is 87.3 Å². The highest BCUT2D eigenvalue weighted by Crippen LogP contribution is 2.59. The number of ether oxygens (including phenoxy) is 2. The zero-order valence-electron chi connectivity index (χ0n) is 18.5. The minimum Gasteiger partial charge on any atom is -0.493 e. The Labute approximate surface area is 184 Å². The van der Waals surface area contributed by atoms with E-state index in [4.69, 9.17) is 14.6 Å². The maximum Gasteiger partial charge on any atom is 0.247 e. The summed E-state index contributed by atoms with van der Waals surface area (Å²) in [5.41, 5.74) is 2.04. The van der Waals surface area contributed by atoms with Crippen molar-refractivity contribution in [3.63, 3.8) is 0 Å². The molecule has 5 aliphatic carbocycles. The molecule has 6 aliphatic rings. The Morgan fingerprint density at radius 3 is 2.13 bits per heavy atom. The number of benzene rings is 1. The first-order valence-corrected chi connectivity index (χ1v) is 11.9. The summed E-state index contributed by atoms with van der Waals surface area (Å²) in [4.78, 5) is 13.8. The smallest absolute Gasteiger partial charge is 0.247 e. The molecule has 4 saturated carbocycles. The summed E-state index contributed by atoms with van der Waals surface area (Å²) in [7, 11) is 3.33. The second kappa shape index (κ2) is 7.11. The fourth-order valence-electron chi connectivity index (χ4n) is 7.71. The predicted molar refractivity (Wildman–Crippen MR) is 119 cm³/mol. The van der Waals surface area contributed by atoms with Gasteiger partial charge in [-0.15, -0.1) is 0 Å². The molecule has 2 atom stereocenters. The van der Waals surface area contributed by atoms with Crippen molar-refractivity contribution in [3.05, 3.63) is 35.9 Å². The summed E-state index contributed by atoms with van der Waals surface area (Å²) in [6, 6.07) is 6.06. The van der Waals surface area contributed by atoms with Crippen LogP contribution in [0, 0.1) is 29.6 Å². The molecule has 31 heavy (non-hydrogen) atoms. The maximum absolute atomic E-state index is 13.8. The molecule has 5 nitrogen and oxygen atoms in total. The third-order valence-electron chi connectivity index (χ3n) is 8.65. The molecule has 0 aromatic heterocycles. The van der Waals surface area contributed by atoms with Crippen LogP contribution in [0.3, 0.4) is 0 Å². The van der Waals surface area contributed by atoms with Crippen LogP contribution in [0.2, 0.25) is 0 Å². The molecular weight excluding hydrogens is 388 g/mol. The zero-order chi connectivity index (χ0) is 21.2. The van der Waals surface area contributed by atoms with Gasteiger partial charge < -0.3 is 9.47 Å². The lowest BCUT2D eigenvalue weighted by Crippen LogP contribution is -2.63. The lowest BCUT2D eigenvalue weighted by molar-refractivity contribution is -0.158. The third kappa shape index (κ3) is 2.95. The minimum absolute atomic E-state index is 0.00130. The summed E-state index contributed by atoms with van der Waals surface area (Å²) in [5.74, 6) is 4.17. The molecule has 1 heterocycles. The fraction of sp³-hybridized carbons (Fsp3) is 0.615. The van der Waals surface area contributed by atoms with Gasteiger partial charge in [0.05, 0.1) is 31.4 Å². The molecule has 0 radical (unpaired) electrons. The highest BCUT2D eigenvalue weighted by Gasteiger charge is 2.57. The first-order valence-electron chi connectivity index (χ1n) is 11.9. The molecular formula is C26H32N2O3. The summed E-state index contributed by atoms with van der Waals surface area (Å²) >= 11 is 0. The van der Waals surface area contributed by atoms with Crippen LogP contribution in [-0.2, 0) is 4.79 Å². The van der Waals surface area contributed by atoms with E-state index in [1.54, 1.807) is 14.2 Å². The van der Waals surface area contributed by atoms with Crippen LogP contribution in [0.25, 0.3) is 0 Å². The summed E-state index contributed by atoms with van der Waals surface area (Å²) in [5, 5.41) is 7.21. The van der Waals surface area contributed by atoms with Crippen molar-refractivity contribution in [1.29, 1.82) is 0 Å². The van der Waals surface area contributed by atoms with Crippen LogP contribution < -0.4 is 9.47 Å². The molecule has 0 N–H and O–H groups in total. The number of carbonyl (C=O) groups excluding carboxylic acids is 1. The third-order valence-corrected chi connectivity index (χ3v) is 8.65. The van der Waals surface area contributed by atoms with Gasteiger partial charge >= 0.3 is 0 Å². The van der Waals surface area contributed by atoms with Crippen molar-refractivity contribution >= 4 is 11.6 Å². The number of hydrazone groups is 1. The van der Waals surface area contributed by atoms with E-state index in [1.165, 1.54) is 19.3 Å². The van der Waals surface area contributed by atoms with E-state index in [9.17, 15) is 4.79 Å². The maximum atomic E-state index is 13.8. The number of amides is 1. The van der Waals surface area contributed by atoms with E-state index in [1.807, 2.05) is 17.1 Å². The van der Waals surface area contributed by atoms with E-state index in [0.717, 1.165) is 66.9 Å². The molecule has 1 aromatic carbocycles. The molecule has 0 saturated heterocycles. The number of carbonyl (C=O) groups is 1. The fourth-order valence-corrected chi connectivity index (χ4v) is 7.71. The van der Waals surface area contributed by atoms with Gasteiger partial charge in [-0.1, -0.05) is 12.2 Å². The van der Waals surface area contributed by atoms with Gasteiger partial charge in [0, 0.05) is 11.5 Å². The second-order valence-electron chi connectivity index (χ2n) is 10.5. The van der Waals surface area contributed by atoms with Gasteiger partial charge in [0.25, 0.3) is 0 Å². The van der Waals surface area contributed by atoms with Gasteiger partial charge in [-0.2, -0.15) is 5.10 Å². The molecule has 4 fully saturated rings. The van der Waals surface area contributed by atoms with Gasteiger partial charge in [-0.3, -0.25) is 4.79 Å². The van der Waals surface area contributed by atoms with Crippen LogP contribution in [-0.4, -0.2) is 36.4 Å².